The molecule has 0 unspecified atom stereocenters. The van der Waals surface area contributed by atoms with Crippen molar-refractivity contribution in [1.82, 2.24) is 4.90 Å². The van der Waals surface area contributed by atoms with Crippen LogP contribution < -0.4 is 0 Å². The number of fused-ring (bicyclic) bond motifs is 1. The van der Waals surface area contributed by atoms with E-state index in [0.717, 1.165) is 17.6 Å². The quantitative estimate of drug-likeness (QED) is 0.147. The number of hydrogen-bond donors (Lipinski definition) is 4. The van der Waals surface area contributed by atoms with Gasteiger partial charge < -0.3 is 24.8 Å². The summed E-state index contributed by atoms with van der Waals surface area (Å²) in [5, 5.41) is 39.9. The maximum absolute atomic E-state index is 13.4. The molecular weight excluding hydrogens is 502 g/mol. The van der Waals surface area contributed by atoms with Crippen LogP contribution in [-0.4, -0.2) is 62.4 Å². The first kappa shape index (κ1) is 30.8. The van der Waals surface area contributed by atoms with Crippen LogP contribution in [0.25, 0.3) is 6.08 Å². The Morgan fingerprint density at radius 2 is 1.87 bits per heavy atom. The molecule has 216 valence electrons. The summed E-state index contributed by atoms with van der Waals surface area (Å²) >= 11 is 0. The number of furan rings is 1. The Morgan fingerprint density at radius 1 is 1.13 bits per heavy atom. The number of imide groups is 1. The van der Waals surface area contributed by atoms with Gasteiger partial charge in [0.2, 0.25) is 11.8 Å². The number of amides is 2. The van der Waals surface area contributed by atoms with Crippen molar-refractivity contribution in [2.45, 2.75) is 84.8 Å². The first-order chi connectivity index (χ1) is 18.6. The molecule has 0 aromatic carbocycles. The van der Waals surface area contributed by atoms with E-state index < -0.39 is 29.8 Å². The fourth-order valence-electron chi connectivity index (χ4n) is 6.04. The number of hydrogen-bond acceptors (Lipinski definition) is 7. The molecule has 0 spiro atoms. The Morgan fingerprint density at radius 3 is 2.46 bits per heavy atom. The number of nitrogens with zero attached hydrogens (tertiary/aromatic N) is 1. The third-order valence-electron chi connectivity index (χ3n) is 8.11. The zero-order valence-corrected chi connectivity index (χ0v) is 23.3. The zero-order valence-electron chi connectivity index (χ0n) is 23.3. The summed E-state index contributed by atoms with van der Waals surface area (Å²) in [5.74, 6) is -2.11. The van der Waals surface area contributed by atoms with Gasteiger partial charge >= 0.3 is 5.97 Å². The maximum Gasteiger partial charge on any atom is 0.303 e. The molecule has 4 N–H and O–H groups in total. The molecule has 0 saturated carbocycles. The van der Waals surface area contributed by atoms with Crippen molar-refractivity contribution < 1.29 is 39.2 Å². The number of carbonyl (C=O) groups is 3. The van der Waals surface area contributed by atoms with Gasteiger partial charge in [0.05, 0.1) is 24.5 Å². The summed E-state index contributed by atoms with van der Waals surface area (Å²) < 4.78 is 5.57. The van der Waals surface area contributed by atoms with E-state index in [1.54, 1.807) is 12.1 Å². The molecule has 1 aliphatic carbocycles. The number of allylic oxidation sites excluding steroid dienone is 2. The fourth-order valence-corrected chi connectivity index (χ4v) is 6.04. The molecule has 1 aliphatic heterocycles. The monoisotopic (exact) mass is 545 g/mol. The predicted octanol–water partition coefficient (Wildman–Crippen LogP) is 3.92. The van der Waals surface area contributed by atoms with Gasteiger partial charge in [-0.1, -0.05) is 38.3 Å². The molecule has 4 atom stereocenters. The summed E-state index contributed by atoms with van der Waals surface area (Å²) in [4.78, 5) is 38.8. The lowest BCUT2D eigenvalue weighted by Crippen LogP contribution is -2.40. The molecule has 9 nitrogen and oxygen atoms in total. The Kier molecular flexibility index (Phi) is 11.1. The van der Waals surface area contributed by atoms with Crippen molar-refractivity contribution in [1.29, 1.82) is 0 Å². The van der Waals surface area contributed by atoms with Crippen LogP contribution in [-0.2, 0) is 21.0 Å². The van der Waals surface area contributed by atoms with Crippen LogP contribution in [0.4, 0.5) is 0 Å². The molecule has 2 aliphatic rings. The molecule has 2 heterocycles. The first-order valence-corrected chi connectivity index (χ1v) is 14.1. The van der Waals surface area contributed by atoms with E-state index in [1.807, 2.05) is 26.8 Å². The van der Waals surface area contributed by atoms with E-state index in [4.69, 9.17) is 9.52 Å². The van der Waals surface area contributed by atoms with Crippen molar-refractivity contribution in [3.63, 3.8) is 0 Å². The first-order valence-electron chi connectivity index (χ1n) is 14.1. The molecule has 39 heavy (non-hydrogen) atoms. The van der Waals surface area contributed by atoms with Gasteiger partial charge in [-0.2, -0.15) is 0 Å². The van der Waals surface area contributed by atoms with Gasteiger partial charge in [0.25, 0.3) is 0 Å². The summed E-state index contributed by atoms with van der Waals surface area (Å²) in [5.41, 5.74) is 2.69. The van der Waals surface area contributed by atoms with E-state index >= 15 is 0 Å². The van der Waals surface area contributed by atoms with Crippen LogP contribution in [0.1, 0.15) is 83.7 Å². The van der Waals surface area contributed by atoms with E-state index in [9.17, 15) is 29.7 Å². The van der Waals surface area contributed by atoms with Crippen molar-refractivity contribution in [2.75, 3.05) is 13.2 Å². The molecule has 1 saturated heterocycles. The molecular formula is C30H43NO8. The Labute approximate surface area is 230 Å². The largest absolute Gasteiger partial charge is 0.481 e. The summed E-state index contributed by atoms with van der Waals surface area (Å²) in [7, 11) is 0. The number of aliphatic hydroxyl groups is 3. The third kappa shape index (κ3) is 7.26. The van der Waals surface area contributed by atoms with Gasteiger partial charge in [0, 0.05) is 18.9 Å². The molecule has 3 rings (SSSR count). The number of carboxylic acids is 1. The average Bonchev–Trinajstić information content (AvgIpc) is 3.46. The van der Waals surface area contributed by atoms with Crippen LogP contribution in [0.2, 0.25) is 0 Å². The van der Waals surface area contributed by atoms with Crippen LogP contribution in [0.3, 0.4) is 0 Å². The number of carbonyl (C=O) groups excluding carboxylic acids is 2. The molecule has 1 fully saturated rings. The molecule has 1 aromatic heterocycles. The van der Waals surface area contributed by atoms with Gasteiger partial charge in [-0.15, -0.1) is 0 Å². The highest BCUT2D eigenvalue weighted by Crippen LogP contribution is 2.48. The van der Waals surface area contributed by atoms with Crippen molar-refractivity contribution in [3.8, 4) is 0 Å². The topological polar surface area (TPSA) is 149 Å². The van der Waals surface area contributed by atoms with Gasteiger partial charge in [0.1, 0.15) is 18.1 Å². The number of aliphatic carboxylic acids is 1. The van der Waals surface area contributed by atoms with E-state index in [1.165, 1.54) is 4.90 Å². The second-order valence-corrected chi connectivity index (χ2v) is 11.0. The average molecular weight is 546 g/mol. The smallest absolute Gasteiger partial charge is 0.303 e. The lowest BCUT2D eigenvalue weighted by atomic mass is 9.66. The molecule has 2 amide bonds. The second-order valence-electron chi connectivity index (χ2n) is 11.0. The highest BCUT2D eigenvalue weighted by atomic mass is 16.4. The predicted molar refractivity (Wildman–Crippen MR) is 145 cm³/mol. The minimum absolute atomic E-state index is 0.0406. The van der Waals surface area contributed by atoms with Crippen molar-refractivity contribution in [3.05, 3.63) is 40.4 Å². The highest BCUT2D eigenvalue weighted by molar-refractivity contribution is 6.05. The zero-order chi connectivity index (χ0) is 28.7. The van der Waals surface area contributed by atoms with Gasteiger partial charge in [-0.05, 0) is 68.2 Å². The Balaban J connectivity index is 1.76. The van der Waals surface area contributed by atoms with Crippen molar-refractivity contribution >= 4 is 23.9 Å². The number of likely N-dealkylation sites (tertiary alicyclic amines) is 1. The van der Waals surface area contributed by atoms with Crippen LogP contribution in [0, 0.1) is 23.7 Å². The SMILES string of the molecule is CC/C(=C\c1ccc(CO)o1)CC[C@@H](O)C1=C(C(C)C)C[C@H]2C(=O)N(CCCCCC(=O)O)C(=O)[C@H]2[C@H]1CO. The number of carboxylic acid groups (broad SMARTS) is 1. The highest BCUT2D eigenvalue weighted by Gasteiger charge is 2.54. The normalized spacial score (nSPS) is 22.7. The molecule has 0 bridgehead atoms. The Hall–Kier alpha value is -2.75. The molecule has 1 aromatic rings. The fraction of sp³-hybridized carbons (Fsp3) is 0.633. The number of rotatable bonds is 15. The van der Waals surface area contributed by atoms with Gasteiger partial charge in [0.15, 0.2) is 0 Å². The maximum atomic E-state index is 13.4. The molecule has 9 heteroatoms. The summed E-state index contributed by atoms with van der Waals surface area (Å²) in [6.07, 6.45) is 4.87. The minimum Gasteiger partial charge on any atom is -0.481 e. The van der Waals surface area contributed by atoms with Gasteiger partial charge in [-0.3, -0.25) is 19.3 Å². The van der Waals surface area contributed by atoms with Gasteiger partial charge in [-0.25, -0.2) is 0 Å². The lowest BCUT2D eigenvalue weighted by molar-refractivity contribution is -0.141. The van der Waals surface area contributed by atoms with Crippen LogP contribution in [0.5, 0.6) is 0 Å². The molecule has 0 radical (unpaired) electrons. The van der Waals surface area contributed by atoms with Crippen molar-refractivity contribution in [2.24, 2.45) is 23.7 Å². The van der Waals surface area contributed by atoms with E-state index in [-0.39, 0.29) is 43.9 Å². The number of unbranched alkanes of at least 4 members (excludes halogenated alkanes) is 2. The second kappa shape index (κ2) is 14.1. The summed E-state index contributed by atoms with van der Waals surface area (Å²) in [6, 6.07) is 3.51. The Bertz CT molecular complexity index is 1080. The van der Waals surface area contributed by atoms with E-state index in [2.05, 4.69) is 0 Å². The van der Waals surface area contributed by atoms with Crippen LogP contribution >= 0.6 is 0 Å². The summed E-state index contributed by atoms with van der Waals surface area (Å²) in [6.45, 7) is 5.77. The standard InChI is InChI=1S/C30H43NO8/c1-4-19(14-20-10-11-21(16-32)39-20)9-12-25(34)27-22(18(2)3)15-23-28(24(27)17-33)30(38)31(29(23)37)13-7-5-6-8-26(35)36/h10-11,14,18,23-25,28,32-34H,4-9,12-13,15-17H2,1-3H3,(H,35,36)/b19-14+/t23-,24+,25-,28-/m1/s1. The van der Waals surface area contributed by atoms with Crippen LogP contribution in [0.15, 0.2) is 33.3 Å². The number of aliphatic hydroxyl groups excluding tert-OH is 3. The minimum atomic E-state index is -0.868. The lowest BCUT2D eigenvalue weighted by Gasteiger charge is -2.38. The third-order valence-corrected chi connectivity index (χ3v) is 8.11. The van der Waals surface area contributed by atoms with E-state index in [0.29, 0.717) is 55.6 Å².